The zero-order chi connectivity index (χ0) is 14.7. The topological polar surface area (TPSA) is 102 Å². The van der Waals surface area contributed by atoms with Crippen molar-refractivity contribution in [3.05, 3.63) is 33.9 Å². The van der Waals surface area contributed by atoms with Crippen molar-refractivity contribution in [3.63, 3.8) is 0 Å². The molecule has 7 heteroatoms. The van der Waals surface area contributed by atoms with E-state index < -0.39 is 10.9 Å². The fraction of sp³-hybridized carbons (Fsp3) is 0.462. The maximum Gasteiger partial charge on any atom is 0.338 e. The van der Waals surface area contributed by atoms with Crippen LogP contribution in [-0.2, 0) is 4.74 Å². The molecule has 1 saturated heterocycles. The van der Waals surface area contributed by atoms with Crippen LogP contribution in [0.3, 0.4) is 0 Å². The van der Waals surface area contributed by atoms with E-state index in [1.165, 1.54) is 12.1 Å². The van der Waals surface area contributed by atoms with E-state index in [0.29, 0.717) is 12.3 Å². The lowest BCUT2D eigenvalue weighted by Crippen LogP contribution is -2.30. The number of rotatable bonds is 5. The molecule has 1 aliphatic heterocycles. The highest BCUT2D eigenvalue weighted by molar-refractivity contribution is 5.95. The SMILES string of the molecule is CC(Nc1ccc([N+](=O)[O-])cc1C(=O)O)C1CCCO1. The van der Waals surface area contributed by atoms with Crippen molar-refractivity contribution in [1.29, 1.82) is 0 Å². The number of non-ortho nitro benzene ring substituents is 1. The number of nitro groups is 1. The van der Waals surface area contributed by atoms with Crippen molar-refractivity contribution in [1.82, 2.24) is 0 Å². The molecule has 1 aliphatic rings. The summed E-state index contributed by atoms with van der Waals surface area (Å²) in [6.45, 7) is 2.62. The van der Waals surface area contributed by atoms with Gasteiger partial charge in [0.05, 0.1) is 16.6 Å². The molecule has 20 heavy (non-hydrogen) atoms. The fourth-order valence-electron chi connectivity index (χ4n) is 2.28. The van der Waals surface area contributed by atoms with Crippen LogP contribution < -0.4 is 5.32 Å². The number of carboxylic acids is 1. The van der Waals surface area contributed by atoms with E-state index >= 15 is 0 Å². The van der Waals surface area contributed by atoms with Gasteiger partial charge in [0.1, 0.15) is 0 Å². The summed E-state index contributed by atoms with van der Waals surface area (Å²) in [7, 11) is 0. The van der Waals surface area contributed by atoms with Crippen LogP contribution in [0, 0.1) is 10.1 Å². The number of benzene rings is 1. The third kappa shape index (κ3) is 3.05. The quantitative estimate of drug-likeness (QED) is 0.633. The summed E-state index contributed by atoms with van der Waals surface area (Å²) in [5.74, 6) is -1.20. The fourth-order valence-corrected chi connectivity index (χ4v) is 2.28. The molecular formula is C13H16N2O5. The van der Waals surface area contributed by atoms with Crippen molar-refractivity contribution in [2.45, 2.75) is 31.9 Å². The standard InChI is InChI=1S/C13H16N2O5/c1-8(12-3-2-6-20-12)14-11-5-4-9(15(18)19)7-10(11)13(16)17/h4-5,7-8,12,14H,2-3,6H2,1H3,(H,16,17). The zero-order valence-electron chi connectivity index (χ0n) is 11.0. The Kier molecular flexibility index (Phi) is 4.19. The van der Waals surface area contributed by atoms with Crippen LogP contribution in [0.2, 0.25) is 0 Å². The van der Waals surface area contributed by atoms with Gasteiger partial charge in [-0.25, -0.2) is 4.79 Å². The minimum atomic E-state index is -1.20. The summed E-state index contributed by atoms with van der Waals surface area (Å²) in [6, 6.07) is 3.72. The number of hydrogen-bond acceptors (Lipinski definition) is 5. The van der Waals surface area contributed by atoms with Crippen LogP contribution in [0.4, 0.5) is 11.4 Å². The minimum Gasteiger partial charge on any atom is -0.478 e. The number of nitrogens with one attached hydrogen (secondary N) is 1. The largest absolute Gasteiger partial charge is 0.478 e. The van der Waals surface area contributed by atoms with E-state index in [0.717, 1.165) is 18.9 Å². The second-order valence-electron chi connectivity index (χ2n) is 4.78. The highest BCUT2D eigenvalue weighted by atomic mass is 16.6. The summed E-state index contributed by atoms with van der Waals surface area (Å²) in [5, 5.41) is 22.9. The zero-order valence-corrected chi connectivity index (χ0v) is 11.0. The van der Waals surface area contributed by atoms with E-state index in [2.05, 4.69) is 5.32 Å². The van der Waals surface area contributed by atoms with Gasteiger partial charge in [-0.1, -0.05) is 0 Å². The van der Waals surface area contributed by atoms with Crippen LogP contribution in [0.25, 0.3) is 0 Å². The van der Waals surface area contributed by atoms with Gasteiger partial charge >= 0.3 is 5.97 Å². The summed E-state index contributed by atoms with van der Waals surface area (Å²) in [5.41, 5.74) is 0.0212. The van der Waals surface area contributed by atoms with E-state index in [1.54, 1.807) is 0 Å². The Balaban J connectivity index is 2.21. The number of nitrogens with zero attached hydrogens (tertiary/aromatic N) is 1. The van der Waals surface area contributed by atoms with E-state index in [-0.39, 0.29) is 23.4 Å². The maximum atomic E-state index is 11.2. The molecule has 2 N–H and O–H groups in total. The van der Waals surface area contributed by atoms with Crippen LogP contribution in [0.15, 0.2) is 18.2 Å². The lowest BCUT2D eigenvalue weighted by atomic mass is 10.1. The maximum absolute atomic E-state index is 11.2. The lowest BCUT2D eigenvalue weighted by Gasteiger charge is -2.22. The molecule has 2 unspecified atom stereocenters. The first kappa shape index (κ1) is 14.3. The number of carbonyl (C=O) groups is 1. The molecule has 0 aromatic heterocycles. The lowest BCUT2D eigenvalue weighted by molar-refractivity contribution is -0.384. The molecule has 1 fully saturated rings. The molecule has 1 aromatic rings. The molecule has 0 amide bonds. The molecule has 1 heterocycles. The molecule has 7 nitrogen and oxygen atoms in total. The van der Waals surface area contributed by atoms with E-state index in [1.807, 2.05) is 6.92 Å². The Bertz CT molecular complexity index is 525. The monoisotopic (exact) mass is 280 g/mol. The summed E-state index contributed by atoms with van der Waals surface area (Å²) >= 11 is 0. The Morgan fingerprint density at radius 1 is 1.60 bits per heavy atom. The number of anilines is 1. The number of hydrogen-bond donors (Lipinski definition) is 2. The van der Waals surface area contributed by atoms with E-state index in [9.17, 15) is 14.9 Å². The van der Waals surface area contributed by atoms with Crippen molar-refractivity contribution >= 4 is 17.3 Å². The molecule has 0 spiro atoms. The molecule has 2 atom stereocenters. The minimum absolute atomic E-state index is 0.0341. The van der Waals surface area contributed by atoms with Crippen LogP contribution in [-0.4, -0.2) is 34.8 Å². The van der Waals surface area contributed by atoms with Crippen LogP contribution in [0.1, 0.15) is 30.1 Å². The smallest absolute Gasteiger partial charge is 0.338 e. The average molecular weight is 280 g/mol. The van der Waals surface area contributed by atoms with Gasteiger partial charge in [0.25, 0.3) is 5.69 Å². The Morgan fingerprint density at radius 3 is 2.90 bits per heavy atom. The van der Waals surface area contributed by atoms with Gasteiger partial charge in [0.2, 0.25) is 0 Å². The van der Waals surface area contributed by atoms with Gasteiger partial charge in [-0.3, -0.25) is 10.1 Å². The molecule has 0 saturated carbocycles. The number of carboxylic acid groups (broad SMARTS) is 1. The predicted octanol–water partition coefficient (Wildman–Crippen LogP) is 2.27. The second-order valence-corrected chi connectivity index (χ2v) is 4.78. The van der Waals surface area contributed by atoms with Gasteiger partial charge in [0, 0.05) is 30.5 Å². The van der Waals surface area contributed by atoms with Crippen LogP contribution in [0.5, 0.6) is 0 Å². The number of ether oxygens (including phenoxy) is 1. The molecular weight excluding hydrogens is 264 g/mol. The first-order chi connectivity index (χ1) is 9.49. The molecule has 108 valence electrons. The van der Waals surface area contributed by atoms with Crippen molar-refractivity contribution < 1.29 is 19.6 Å². The highest BCUT2D eigenvalue weighted by Crippen LogP contribution is 2.25. The normalized spacial score (nSPS) is 19.6. The van der Waals surface area contributed by atoms with Gasteiger partial charge in [0.15, 0.2) is 0 Å². The molecule has 2 rings (SSSR count). The number of aromatic carboxylic acids is 1. The molecule has 0 aliphatic carbocycles. The van der Waals surface area contributed by atoms with Gasteiger partial charge < -0.3 is 15.2 Å². The highest BCUT2D eigenvalue weighted by Gasteiger charge is 2.24. The third-order valence-electron chi connectivity index (χ3n) is 3.35. The van der Waals surface area contributed by atoms with Gasteiger partial charge in [-0.05, 0) is 25.8 Å². The van der Waals surface area contributed by atoms with Crippen molar-refractivity contribution in [3.8, 4) is 0 Å². The van der Waals surface area contributed by atoms with E-state index in [4.69, 9.17) is 9.84 Å². The first-order valence-corrected chi connectivity index (χ1v) is 6.39. The Morgan fingerprint density at radius 2 is 2.35 bits per heavy atom. The Hall–Kier alpha value is -2.15. The van der Waals surface area contributed by atoms with Crippen molar-refractivity contribution in [2.75, 3.05) is 11.9 Å². The van der Waals surface area contributed by atoms with Crippen molar-refractivity contribution in [2.24, 2.45) is 0 Å². The number of nitro benzene ring substituents is 1. The molecule has 1 aromatic carbocycles. The average Bonchev–Trinajstić information content (AvgIpc) is 2.92. The summed E-state index contributed by atoms with van der Waals surface area (Å²) < 4.78 is 5.53. The van der Waals surface area contributed by atoms with Gasteiger partial charge in [-0.15, -0.1) is 0 Å². The van der Waals surface area contributed by atoms with Crippen LogP contribution >= 0.6 is 0 Å². The summed E-state index contributed by atoms with van der Waals surface area (Å²) in [6.07, 6.45) is 1.94. The second kappa shape index (κ2) is 5.87. The molecule has 0 radical (unpaired) electrons. The Labute approximate surface area is 115 Å². The van der Waals surface area contributed by atoms with Gasteiger partial charge in [-0.2, -0.15) is 0 Å². The summed E-state index contributed by atoms with van der Waals surface area (Å²) in [4.78, 5) is 21.3. The third-order valence-corrected chi connectivity index (χ3v) is 3.35. The predicted molar refractivity (Wildman–Crippen MR) is 72.1 cm³/mol. The molecule has 0 bridgehead atoms. The first-order valence-electron chi connectivity index (χ1n) is 6.39.